The highest BCUT2D eigenvalue weighted by Gasteiger charge is 2.14. The quantitative estimate of drug-likeness (QED) is 0.647. The monoisotopic (exact) mass is 187 g/mol. The molecule has 0 amide bonds. The summed E-state index contributed by atoms with van der Waals surface area (Å²) in [5.74, 6) is 0.842. The van der Waals surface area contributed by atoms with Crippen molar-refractivity contribution in [3.05, 3.63) is 41.8 Å². The van der Waals surface area contributed by atoms with Crippen molar-refractivity contribution in [1.29, 1.82) is 0 Å². The Labute approximate surface area is 87.3 Å². The lowest BCUT2D eigenvalue weighted by atomic mass is 9.84. The first kappa shape index (κ1) is 9.76. The van der Waals surface area contributed by atoms with Crippen LogP contribution in [0.2, 0.25) is 0 Å². The van der Waals surface area contributed by atoms with Crippen LogP contribution in [0.15, 0.2) is 24.3 Å². The van der Waals surface area contributed by atoms with Crippen LogP contribution in [0.4, 0.5) is 0 Å². The predicted octanol–water partition coefficient (Wildman–Crippen LogP) is 4.31. The molecule has 75 valence electrons. The van der Waals surface area contributed by atoms with Crippen molar-refractivity contribution in [2.24, 2.45) is 0 Å². The Kier molecular flexibility index (Phi) is 3.23. The van der Waals surface area contributed by atoms with Crippen molar-refractivity contribution in [3.8, 4) is 0 Å². The van der Waals surface area contributed by atoms with Crippen molar-refractivity contribution in [1.82, 2.24) is 0 Å². The van der Waals surface area contributed by atoms with Crippen LogP contribution < -0.4 is 0 Å². The van der Waals surface area contributed by atoms with Crippen molar-refractivity contribution >= 4 is 0 Å². The highest BCUT2D eigenvalue weighted by molar-refractivity contribution is 5.29. The first-order chi connectivity index (χ1) is 6.90. The van der Waals surface area contributed by atoms with Crippen LogP contribution in [0.5, 0.6) is 0 Å². The third kappa shape index (κ3) is 2.17. The smallest absolute Gasteiger partial charge is 0.0124 e. The molecule has 1 aromatic rings. The second kappa shape index (κ2) is 4.63. The van der Waals surface area contributed by atoms with E-state index in [4.69, 9.17) is 0 Å². The molecule has 2 rings (SSSR count). The van der Waals surface area contributed by atoms with Gasteiger partial charge in [0.25, 0.3) is 0 Å². The second-order valence-corrected chi connectivity index (χ2v) is 4.29. The summed E-state index contributed by atoms with van der Waals surface area (Å²) < 4.78 is 0. The Morgan fingerprint density at radius 2 is 1.64 bits per heavy atom. The largest absolute Gasteiger partial charge is 0.0585 e. The van der Waals surface area contributed by atoms with Gasteiger partial charge in [0.15, 0.2) is 0 Å². The lowest BCUT2D eigenvalue weighted by molar-refractivity contribution is 0.443. The normalized spacial score (nSPS) is 18.4. The van der Waals surface area contributed by atoms with Crippen LogP contribution in [-0.4, -0.2) is 0 Å². The molecule has 1 aliphatic carbocycles. The predicted molar refractivity (Wildman–Crippen MR) is 61.3 cm³/mol. The summed E-state index contributed by atoms with van der Waals surface area (Å²) in [5, 5.41) is 0. The molecule has 0 bridgehead atoms. The van der Waals surface area contributed by atoms with E-state index in [2.05, 4.69) is 37.6 Å². The van der Waals surface area contributed by atoms with Crippen LogP contribution in [0.1, 0.15) is 56.1 Å². The fourth-order valence-corrected chi connectivity index (χ4v) is 2.40. The molecule has 0 spiro atoms. The van der Waals surface area contributed by atoms with E-state index < -0.39 is 0 Å². The van der Waals surface area contributed by atoms with Crippen molar-refractivity contribution in [3.63, 3.8) is 0 Å². The van der Waals surface area contributed by atoms with E-state index in [1.807, 2.05) is 0 Å². The minimum atomic E-state index is 0.842. The molecule has 1 aromatic carbocycles. The van der Waals surface area contributed by atoms with E-state index in [9.17, 15) is 0 Å². The molecule has 1 aliphatic rings. The fourth-order valence-electron chi connectivity index (χ4n) is 2.40. The first-order valence-corrected chi connectivity index (χ1v) is 5.79. The zero-order valence-corrected chi connectivity index (χ0v) is 9.00. The maximum Gasteiger partial charge on any atom is -0.0124 e. The van der Waals surface area contributed by atoms with Crippen LogP contribution in [0, 0.1) is 6.42 Å². The van der Waals surface area contributed by atoms with Gasteiger partial charge in [-0.3, -0.25) is 0 Å². The minimum Gasteiger partial charge on any atom is -0.0585 e. The average Bonchev–Trinajstić information content (AvgIpc) is 2.30. The van der Waals surface area contributed by atoms with Gasteiger partial charge in [0.2, 0.25) is 0 Å². The maximum atomic E-state index is 2.31. The second-order valence-electron chi connectivity index (χ2n) is 4.29. The van der Waals surface area contributed by atoms with Gasteiger partial charge in [-0.25, -0.2) is 0 Å². The van der Waals surface area contributed by atoms with Crippen LogP contribution >= 0.6 is 0 Å². The SMILES string of the molecule is C[CH]c1ccc(C2CCCCC2)cc1. The number of hydrogen-bond acceptors (Lipinski definition) is 0. The van der Waals surface area contributed by atoms with Gasteiger partial charge in [0, 0.05) is 0 Å². The Hall–Kier alpha value is -0.780. The molecule has 0 unspecified atom stereocenters. The summed E-state index contributed by atoms with van der Waals surface area (Å²) in [6.07, 6.45) is 9.24. The van der Waals surface area contributed by atoms with Gasteiger partial charge in [-0.2, -0.15) is 0 Å². The molecule has 0 nitrogen and oxygen atoms in total. The number of benzene rings is 1. The molecule has 0 saturated heterocycles. The Morgan fingerprint density at radius 1 is 1.00 bits per heavy atom. The van der Waals surface area contributed by atoms with Crippen molar-refractivity contribution in [2.75, 3.05) is 0 Å². The Balaban J connectivity index is 2.07. The van der Waals surface area contributed by atoms with Gasteiger partial charge < -0.3 is 0 Å². The van der Waals surface area contributed by atoms with Crippen molar-refractivity contribution in [2.45, 2.75) is 44.9 Å². The van der Waals surface area contributed by atoms with E-state index in [0.717, 1.165) is 5.92 Å². The van der Waals surface area contributed by atoms with E-state index in [1.165, 1.54) is 37.7 Å². The highest BCUT2D eigenvalue weighted by atomic mass is 14.2. The fraction of sp³-hybridized carbons (Fsp3) is 0.500. The van der Waals surface area contributed by atoms with Crippen molar-refractivity contribution < 1.29 is 0 Å². The molecule has 0 atom stereocenters. The Morgan fingerprint density at radius 3 is 2.21 bits per heavy atom. The van der Waals surface area contributed by atoms with E-state index >= 15 is 0 Å². The van der Waals surface area contributed by atoms with Crippen LogP contribution in [-0.2, 0) is 0 Å². The molecule has 0 N–H and O–H groups in total. The molecule has 1 saturated carbocycles. The standard InChI is InChI=1S/C14H19/c1-2-12-8-10-14(11-9-12)13-6-4-3-5-7-13/h2,8-11,13H,3-7H2,1H3. The summed E-state index contributed by atoms with van der Waals surface area (Å²) >= 11 is 0. The van der Waals surface area contributed by atoms with Gasteiger partial charge in [0.1, 0.15) is 0 Å². The van der Waals surface area contributed by atoms with E-state index in [-0.39, 0.29) is 0 Å². The Bertz CT molecular complexity index is 265. The zero-order valence-electron chi connectivity index (χ0n) is 9.00. The average molecular weight is 187 g/mol. The molecule has 0 heteroatoms. The molecule has 14 heavy (non-hydrogen) atoms. The summed E-state index contributed by atoms with van der Waals surface area (Å²) in [6, 6.07) is 9.10. The third-order valence-corrected chi connectivity index (χ3v) is 3.35. The summed E-state index contributed by atoms with van der Waals surface area (Å²) in [7, 11) is 0. The molecular weight excluding hydrogens is 168 g/mol. The van der Waals surface area contributed by atoms with Gasteiger partial charge in [-0.15, -0.1) is 0 Å². The van der Waals surface area contributed by atoms with E-state index in [1.54, 1.807) is 5.56 Å². The molecule has 0 aromatic heterocycles. The molecule has 0 heterocycles. The zero-order chi connectivity index (χ0) is 9.80. The lowest BCUT2D eigenvalue weighted by Crippen LogP contribution is -2.04. The summed E-state index contributed by atoms with van der Waals surface area (Å²) in [6.45, 7) is 2.09. The van der Waals surface area contributed by atoms with Gasteiger partial charge in [-0.05, 0) is 36.3 Å². The molecule has 1 fully saturated rings. The highest BCUT2D eigenvalue weighted by Crippen LogP contribution is 2.32. The first-order valence-electron chi connectivity index (χ1n) is 5.79. The molecular formula is C14H19. The topological polar surface area (TPSA) is 0 Å². The minimum absolute atomic E-state index is 0.842. The van der Waals surface area contributed by atoms with E-state index in [0.29, 0.717) is 0 Å². The summed E-state index contributed by atoms with van der Waals surface area (Å²) in [4.78, 5) is 0. The summed E-state index contributed by atoms with van der Waals surface area (Å²) in [5.41, 5.74) is 2.89. The third-order valence-electron chi connectivity index (χ3n) is 3.35. The molecule has 1 radical (unpaired) electrons. The van der Waals surface area contributed by atoms with Crippen LogP contribution in [0.3, 0.4) is 0 Å². The van der Waals surface area contributed by atoms with Gasteiger partial charge >= 0.3 is 0 Å². The maximum absolute atomic E-state index is 2.31. The molecule has 0 aliphatic heterocycles. The van der Waals surface area contributed by atoms with Crippen LogP contribution in [0.25, 0.3) is 0 Å². The van der Waals surface area contributed by atoms with Gasteiger partial charge in [0.05, 0.1) is 0 Å². The number of rotatable bonds is 2. The van der Waals surface area contributed by atoms with Gasteiger partial charge in [-0.1, -0.05) is 50.5 Å². The number of hydrogen-bond donors (Lipinski definition) is 0. The lowest BCUT2D eigenvalue weighted by Gasteiger charge is -2.22.